The van der Waals surface area contributed by atoms with Crippen molar-refractivity contribution in [1.29, 1.82) is 0 Å². The molecule has 0 bridgehead atoms. The lowest BCUT2D eigenvalue weighted by molar-refractivity contribution is 0.102. The minimum absolute atomic E-state index is 0.103. The van der Waals surface area contributed by atoms with Crippen LogP contribution >= 0.6 is 0 Å². The molecule has 2 rings (SSSR count). The molecule has 0 aliphatic heterocycles. The molecule has 0 atom stereocenters. The highest BCUT2D eigenvalue weighted by atomic mass is 16.5. The van der Waals surface area contributed by atoms with Crippen molar-refractivity contribution in [2.45, 2.75) is 39.5 Å². The van der Waals surface area contributed by atoms with Gasteiger partial charge in [-0.2, -0.15) is 0 Å². The van der Waals surface area contributed by atoms with E-state index in [0.29, 0.717) is 5.56 Å². The zero-order valence-corrected chi connectivity index (χ0v) is 14.0. The number of benzene rings is 2. The second-order valence-corrected chi connectivity index (χ2v) is 5.70. The lowest BCUT2D eigenvalue weighted by atomic mass is 10.1. The van der Waals surface area contributed by atoms with E-state index in [1.807, 2.05) is 43.3 Å². The van der Waals surface area contributed by atoms with Gasteiger partial charge in [0.1, 0.15) is 5.75 Å². The summed E-state index contributed by atoms with van der Waals surface area (Å²) in [6.07, 6.45) is 4.75. The molecule has 0 spiro atoms. The fraction of sp³-hybridized carbons (Fsp3) is 0.350. The van der Waals surface area contributed by atoms with Gasteiger partial charge in [0.15, 0.2) is 0 Å². The van der Waals surface area contributed by atoms with Gasteiger partial charge in [-0.3, -0.25) is 4.79 Å². The molecule has 0 aromatic heterocycles. The SMILES string of the molecule is CCCCCCOc1ccc(C(=O)Nc2ccccc2C)cc1. The Morgan fingerprint density at radius 3 is 2.43 bits per heavy atom. The molecule has 0 saturated heterocycles. The van der Waals surface area contributed by atoms with Crippen LogP contribution < -0.4 is 10.1 Å². The molecule has 0 aliphatic rings. The van der Waals surface area contributed by atoms with E-state index in [2.05, 4.69) is 12.2 Å². The highest BCUT2D eigenvalue weighted by Crippen LogP contribution is 2.17. The van der Waals surface area contributed by atoms with Crippen LogP contribution in [-0.2, 0) is 0 Å². The van der Waals surface area contributed by atoms with Crippen LogP contribution in [-0.4, -0.2) is 12.5 Å². The van der Waals surface area contributed by atoms with Crippen LogP contribution in [0.3, 0.4) is 0 Å². The smallest absolute Gasteiger partial charge is 0.255 e. The summed E-state index contributed by atoms with van der Waals surface area (Å²) in [5, 5.41) is 2.93. The summed E-state index contributed by atoms with van der Waals surface area (Å²) in [6.45, 7) is 4.90. The topological polar surface area (TPSA) is 38.3 Å². The molecule has 0 unspecified atom stereocenters. The number of carbonyl (C=O) groups is 1. The number of unbranched alkanes of at least 4 members (excludes halogenated alkanes) is 3. The first-order chi connectivity index (χ1) is 11.2. The van der Waals surface area contributed by atoms with Gasteiger partial charge in [-0.25, -0.2) is 0 Å². The van der Waals surface area contributed by atoms with Gasteiger partial charge >= 0.3 is 0 Å². The van der Waals surface area contributed by atoms with Crippen LogP contribution in [0, 0.1) is 6.92 Å². The van der Waals surface area contributed by atoms with Gasteiger partial charge in [-0.15, -0.1) is 0 Å². The first-order valence-electron chi connectivity index (χ1n) is 8.30. The molecule has 2 aromatic carbocycles. The number of carbonyl (C=O) groups excluding carboxylic acids is 1. The molecule has 1 amide bonds. The number of hydrogen-bond acceptors (Lipinski definition) is 2. The van der Waals surface area contributed by atoms with Crippen molar-refractivity contribution in [2.75, 3.05) is 11.9 Å². The van der Waals surface area contributed by atoms with Crippen molar-refractivity contribution in [1.82, 2.24) is 0 Å². The lowest BCUT2D eigenvalue weighted by Gasteiger charge is -2.09. The monoisotopic (exact) mass is 311 g/mol. The first-order valence-corrected chi connectivity index (χ1v) is 8.30. The largest absolute Gasteiger partial charge is 0.494 e. The molecule has 3 nitrogen and oxygen atoms in total. The number of aryl methyl sites for hydroxylation is 1. The number of rotatable bonds is 8. The molecule has 23 heavy (non-hydrogen) atoms. The maximum absolute atomic E-state index is 12.3. The number of anilines is 1. The van der Waals surface area contributed by atoms with Crippen LogP contribution in [0.15, 0.2) is 48.5 Å². The Kier molecular flexibility index (Phi) is 6.67. The molecule has 0 saturated carbocycles. The van der Waals surface area contributed by atoms with E-state index in [9.17, 15) is 4.79 Å². The Balaban J connectivity index is 1.86. The molecular formula is C20H25NO2. The summed E-state index contributed by atoms with van der Waals surface area (Å²) in [4.78, 5) is 12.3. The molecule has 0 radical (unpaired) electrons. The fourth-order valence-corrected chi connectivity index (χ4v) is 2.33. The quantitative estimate of drug-likeness (QED) is 0.680. The Morgan fingerprint density at radius 2 is 1.74 bits per heavy atom. The van der Waals surface area contributed by atoms with E-state index in [-0.39, 0.29) is 5.91 Å². The minimum Gasteiger partial charge on any atom is -0.494 e. The number of ether oxygens (including phenoxy) is 1. The van der Waals surface area contributed by atoms with E-state index in [1.165, 1.54) is 19.3 Å². The Bertz CT molecular complexity index is 620. The average Bonchev–Trinajstić information content (AvgIpc) is 2.57. The molecule has 2 aromatic rings. The maximum Gasteiger partial charge on any atom is 0.255 e. The lowest BCUT2D eigenvalue weighted by Crippen LogP contribution is -2.12. The van der Waals surface area contributed by atoms with Crippen molar-refractivity contribution in [3.63, 3.8) is 0 Å². The minimum atomic E-state index is -0.103. The number of nitrogens with one attached hydrogen (secondary N) is 1. The summed E-state index contributed by atoms with van der Waals surface area (Å²) in [5.74, 6) is 0.711. The number of amides is 1. The number of para-hydroxylation sites is 1. The average molecular weight is 311 g/mol. The summed E-state index contributed by atoms with van der Waals surface area (Å²) in [5.41, 5.74) is 2.52. The first kappa shape index (κ1) is 17.1. The molecular weight excluding hydrogens is 286 g/mol. The molecule has 3 heteroatoms. The van der Waals surface area contributed by atoms with Crippen molar-refractivity contribution >= 4 is 11.6 Å². The predicted molar refractivity (Wildman–Crippen MR) is 95.2 cm³/mol. The normalized spacial score (nSPS) is 10.3. The van der Waals surface area contributed by atoms with Gasteiger partial charge in [0.25, 0.3) is 5.91 Å². The second kappa shape index (κ2) is 8.99. The Hall–Kier alpha value is -2.29. The van der Waals surface area contributed by atoms with Crippen LogP contribution in [0.25, 0.3) is 0 Å². The predicted octanol–water partition coefficient (Wildman–Crippen LogP) is 5.21. The molecule has 0 heterocycles. The second-order valence-electron chi connectivity index (χ2n) is 5.70. The van der Waals surface area contributed by atoms with E-state index in [1.54, 1.807) is 12.1 Å². The van der Waals surface area contributed by atoms with E-state index in [0.717, 1.165) is 30.0 Å². The van der Waals surface area contributed by atoms with Gasteiger partial charge in [-0.05, 0) is 49.2 Å². The van der Waals surface area contributed by atoms with Crippen molar-refractivity contribution in [2.24, 2.45) is 0 Å². The third-order valence-corrected chi connectivity index (χ3v) is 3.78. The van der Waals surface area contributed by atoms with E-state index < -0.39 is 0 Å². The van der Waals surface area contributed by atoms with Crippen LogP contribution in [0.4, 0.5) is 5.69 Å². The molecule has 1 N–H and O–H groups in total. The van der Waals surface area contributed by atoms with Crippen LogP contribution in [0.5, 0.6) is 5.75 Å². The Labute approximate surface area is 138 Å². The fourth-order valence-electron chi connectivity index (χ4n) is 2.33. The highest BCUT2D eigenvalue weighted by Gasteiger charge is 2.07. The summed E-state index contributed by atoms with van der Waals surface area (Å²) in [7, 11) is 0. The zero-order valence-electron chi connectivity index (χ0n) is 14.0. The van der Waals surface area contributed by atoms with Crippen LogP contribution in [0.1, 0.15) is 48.5 Å². The Morgan fingerprint density at radius 1 is 1.00 bits per heavy atom. The van der Waals surface area contributed by atoms with Gasteiger partial charge in [0.05, 0.1) is 6.61 Å². The van der Waals surface area contributed by atoms with Crippen molar-refractivity contribution in [3.8, 4) is 5.75 Å². The van der Waals surface area contributed by atoms with Crippen LogP contribution in [0.2, 0.25) is 0 Å². The maximum atomic E-state index is 12.3. The van der Waals surface area contributed by atoms with Gasteiger partial charge in [0, 0.05) is 11.3 Å². The van der Waals surface area contributed by atoms with E-state index >= 15 is 0 Å². The molecule has 122 valence electrons. The van der Waals surface area contributed by atoms with E-state index in [4.69, 9.17) is 4.74 Å². The standard InChI is InChI=1S/C20H25NO2/c1-3-4-5-8-15-23-18-13-11-17(12-14-18)20(22)21-19-10-7-6-9-16(19)2/h6-7,9-14H,3-5,8,15H2,1-2H3,(H,21,22). The molecule has 0 aliphatic carbocycles. The highest BCUT2D eigenvalue weighted by molar-refractivity contribution is 6.04. The van der Waals surface area contributed by atoms with Crippen molar-refractivity contribution in [3.05, 3.63) is 59.7 Å². The molecule has 0 fully saturated rings. The van der Waals surface area contributed by atoms with Gasteiger partial charge < -0.3 is 10.1 Å². The number of hydrogen-bond donors (Lipinski definition) is 1. The summed E-state index contributed by atoms with van der Waals surface area (Å²) in [6, 6.07) is 15.1. The summed E-state index contributed by atoms with van der Waals surface area (Å²) < 4.78 is 5.69. The van der Waals surface area contributed by atoms with Crippen molar-refractivity contribution < 1.29 is 9.53 Å². The van der Waals surface area contributed by atoms with Gasteiger partial charge in [-0.1, -0.05) is 44.4 Å². The van der Waals surface area contributed by atoms with Gasteiger partial charge in [0.2, 0.25) is 0 Å². The summed E-state index contributed by atoms with van der Waals surface area (Å²) >= 11 is 0. The zero-order chi connectivity index (χ0) is 16.5. The third kappa shape index (κ3) is 5.44. The third-order valence-electron chi connectivity index (χ3n) is 3.78.